The van der Waals surface area contributed by atoms with Crippen LogP contribution in [-0.2, 0) is 4.87 Å². The lowest BCUT2D eigenvalue weighted by Crippen LogP contribution is -2.24. The molecule has 5 heteroatoms. The Kier molecular flexibility index (Phi) is 3.10. The number of aromatic amines is 1. The highest BCUT2D eigenvalue weighted by molar-refractivity contribution is 6.25. The van der Waals surface area contributed by atoms with Gasteiger partial charge in [0.2, 0.25) is 0 Å². The number of pyridine rings is 1. The van der Waals surface area contributed by atoms with Crippen LogP contribution in [0.15, 0.2) is 47.3 Å². The van der Waals surface area contributed by atoms with E-state index in [-0.39, 0.29) is 5.56 Å². The van der Waals surface area contributed by atoms with E-state index in [4.69, 9.17) is 11.6 Å². The van der Waals surface area contributed by atoms with Gasteiger partial charge < -0.3 is 10.3 Å². The van der Waals surface area contributed by atoms with Crippen molar-refractivity contribution in [2.45, 2.75) is 17.7 Å². The molecule has 1 saturated carbocycles. The predicted octanol–water partition coefficient (Wildman–Crippen LogP) is 2.86. The second-order valence-corrected chi connectivity index (χ2v) is 5.62. The van der Waals surface area contributed by atoms with Gasteiger partial charge in [0.15, 0.2) is 0 Å². The second-order valence-electron chi connectivity index (χ2n) is 4.90. The summed E-state index contributed by atoms with van der Waals surface area (Å²) in [6.45, 7) is 0. The molecule has 0 radical (unpaired) electrons. The number of nitrogens with one attached hydrogen (secondary N) is 2. The van der Waals surface area contributed by atoms with Gasteiger partial charge in [-0.05, 0) is 37.1 Å². The van der Waals surface area contributed by atoms with E-state index in [1.807, 2.05) is 18.2 Å². The quantitative estimate of drug-likeness (QED) is 0.853. The van der Waals surface area contributed by atoms with Crippen molar-refractivity contribution < 1.29 is 4.79 Å². The van der Waals surface area contributed by atoms with E-state index in [0.29, 0.717) is 11.4 Å². The Bertz CT molecular complexity index is 705. The topological polar surface area (TPSA) is 62.0 Å². The molecule has 0 aliphatic heterocycles. The molecular formula is C15H13ClN2O2. The molecule has 0 unspecified atom stereocenters. The van der Waals surface area contributed by atoms with Gasteiger partial charge in [-0.25, -0.2) is 0 Å². The van der Waals surface area contributed by atoms with Crippen LogP contribution in [-0.4, -0.2) is 10.9 Å². The molecule has 2 N–H and O–H groups in total. The van der Waals surface area contributed by atoms with Crippen molar-refractivity contribution >= 4 is 23.2 Å². The smallest absolute Gasteiger partial charge is 0.261 e. The van der Waals surface area contributed by atoms with Crippen LogP contribution in [0.5, 0.6) is 0 Å². The molecule has 1 aliphatic rings. The minimum absolute atomic E-state index is 0.0820. The third kappa shape index (κ3) is 2.47. The van der Waals surface area contributed by atoms with Crippen molar-refractivity contribution in [1.29, 1.82) is 0 Å². The van der Waals surface area contributed by atoms with Gasteiger partial charge in [-0.2, -0.15) is 0 Å². The van der Waals surface area contributed by atoms with Crippen LogP contribution in [0, 0.1) is 0 Å². The first kappa shape index (κ1) is 12.9. The van der Waals surface area contributed by atoms with Gasteiger partial charge in [0.1, 0.15) is 5.56 Å². The van der Waals surface area contributed by atoms with Crippen LogP contribution in [0.25, 0.3) is 0 Å². The lowest BCUT2D eigenvalue weighted by molar-refractivity contribution is 0.102. The number of aromatic nitrogens is 1. The zero-order valence-corrected chi connectivity index (χ0v) is 11.4. The lowest BCUT2D eigenvalue weighted by atomic mass is 10.2. The highest BCUT2D eigenvalue weighted by Crippen LogP contribution is 2.50. The standard InChI is InChI=1S/C15H13ClN2O2/c16-15(8-9-15)12-7-6-11(14(20)18-12)13(19)17-10-4-2-1-3-5-10/h1-7H,8-9H2,(H,17,19)(H,18,20). The number of alkyl halides is 1. The largest absolute Gasteiger partial charge is 0.324 e. The molecule has 1 aromatic carbocycles. The van der Waals surface area contributed by atoms with Gasteiger partial charge in [-0.1, -0.05) is 18.2 Å². The zero-order valence-electron chi connectivity index (χ0n) is 10.7. The summed E-state index contributed by atoms with van der Waals surface area (Å²) in [4.78, 5) is 26.3. The first-order valence-electron chi connectivity index (χ1n) is 6.38. The molecule has 0 spiro atoms. The molecule has 4 nitrogen and oxygen atoms in total. The predicted molar refractivity (Wildman–Crippen MR) is 78.2 cm³/mol. The number of benzene rings is 1. The van der Waals surface area contributed by atoms with Gasteiger partial charge in [0, 0.05) is 11.4 Å². The number of carbonyl (C=O) groups excluding carboxylic acids is 1. The number of rotatable bonds is 3. The van der Waals surface area contributed by atoms with Crippen molar-refractivity contribution in [1.82, 2.24) is 4.98 Å². The second kappa shape index (κ2) is 4.80. The fourth-order valence-corrected chi connectivity index (χ4v) is 2.22. The summed E-state index contributed by atoms with van der Waals surface area (Å²) in [5.74, 6) is -0.427. The molecule has 0 atom stereocenters. The molecular weight excluding hydrogens is 276 g/mol. The molecule has 1 fully saturated rings. The van der Waals surface area contributed by atoms with Crippen LogP contribution in [0.2, 0.25) is 0 Å². The molecule has 0 bridgehead atoms. The number of hydrogen-bond donors (Lipinski definition) is 2. The van der Waals surface area contributed by atoms with Crippen molar-refractivity contribution in [2.75, 3.05) is 5.32 Å². The number of amides is 1. The highest BCUT2D eigenvalue weighted by atomic mass is 35.5. The van der Waals surface area contributed by atoms with Crippen LogP contribution >= 0.6 is 11.6 Å². The Morgan fingerprint density at radius 1 is 1.15 bits per heavy atom. The van der Waals surface area contributed by atoms with E-state index in [1.54, 1.807) is 18.2 Å². The maximum Gasteiger partial charge on any atom is 0.261 e. The van der Waals surface area contributed by atoms with E-state index < -0.39 is 16.3 Å². The molecule has 3 rings (SSSR count). The molecule has 102 valence electrons. The average Bonchev–Trinajstić information content (AvgIpc) is 3.19. The molecule has 0 saturated heterocycles. The SMILES string of the molecule is O=C(Nc1ccccc1)c1ccc(C2(Cl)CC2)[nH]c1=O. The third-order valence-corrected chi connectivity index (χ3v) is 3.94. The van der Waals surface area contributed by atoms with Crippen molar-refractivity contribution in [3.63, 3.8) is 0 Å². The normalized spacial score (nSPS) is 15.7. The van der Waals surface area contributed by atoms with Crippen LogP contribution in [0.1, 0.15) is 28.9 Å². The zero-order chi connectivity index (χ0) is 14.2. The summed E-state index contributed by atoms with van der Waals surface area (Å²) in [5.41, 5.74) is 0.999. The van der Waals surface area contributed by atoms with E-state index in [0.717, 1.165) is 12.8 Å². The molecule has 1 heterocycles. The maximum atomic E-state index is 12.0. The lowest BCUT2D eigenvalue weighted by Gasteiger charge is -2.08. The Balaban J connectivity index is 1.84. The van der Waals surface area contributed by atoms with E-state index >= 15 is 0 Å². The first-order chi connectivity index (χ1) is 9.58. The minimum atomic E-state index is -0.437. The average molecular weight is 289 g/mol. The molecule has 20 heavy (non-hydrogen) atoms. The van der Waals surface area contributed by atoms with Gasteiger partial charge >= 0.3 is 0 Å². The molecule has 1 amide bonds. The number of carbonyl (C=O) groups is 1. The van der Waals surface area contributed by atoms with Crippen molar-refractivity contribution in [3.8, 4) is 0 Å². The summed E-state index contributed by atoms with van der Waals surface area (Å²) in [5, 5.41) is 2.68. The Morgan fingerprint density at radius 2 is 1.85 bits per heavy atom. The third-order valence-electron chi connectivity index (χ3n) is 3.36. The Hall–Kier alpha value is -2.07. The molecule has 1 aromatic heterocycles. The summed E-state index contributed by atoms with van der Waals surface area (Å²) in [7, 11) is 0. The van der Waals surface area contributed by atoms with E-state index in [9.17, 15) is 9.59 Å². The summed E-state index contributed by atoms with van der Waals surface area (Å²) in [6.07, 6.45) is 1.69. The summed E-state index contributed by atoms with van der Waals surface area (Å²) in [6, 6.07) is 12.2. The Morgan fingerprint density at radius 3 is 2.45 bits per heavy atom. The number of hydrogen-bond acceptors (Lipinski definition) is 2. The molecule has 1 aliphatic carbocycles. The first-order valence-corrected chi connectivity index (χ1v) is 6.75. The summed E-state index contributed by atoms with van der Waals surface area (Å²) < 4.78 is 0. The van der Waals surface area contributed by atoms with Crippen LogP contribution in [0.3, 0.4) is 0 Å². The van der Waals surface area contributed by atoms with Gasteiger partial charge in [0.05, 0.1) is 4.87 Å². The van der Waals surface area contributed by atoms with Crippen molar-refractivity contribution in [2.24, 2.45) is 0 Å². The summed E-state index contributed by atoms with van der Waals surface area (Å²) >= 11 is 6.23. The van der Waals surface area contributed by atoms with Crippen LogP contribution < -0.4 is 10.9 Å². The van der Waals surface area contributed by atoms with E-state index in [1.165, 1.54) is 6.07 Å². The monoisotopic (exact) mass is 288 g/mol. The fraction of sp³-hybridized carbons (Fsp3) is 0.200. The van der Waals surface area contributed by atoms with Crippen LogP contribution in [0.4, 0.5) is 5.69 Å². The van der Waals surface area contributed by atoms with Gasteiger partial charge in [0.25, 0.3) is 11.5 Å². The molecule has 2 aromatic rings. The van der Waals surface area contributed by atoms with Gasteiger partial charge in [-0.3, -0.25) is 9.59 Å². The minimum Gasteiger partial charge on any atom is -0.324 e. The van der Waals surface area contributed by atoms with Crippen molar-refractivity contribution in [3.05, 3.63) is 64.1 Å². The Labute approximate surface area is 120 Å². The van der Waals surface area contributed by atoms with Gasteiger partial charge in [-0.15, -0.1) is 11.6 Å². The highest BCUT2D eigenvalue weighted by Gasteiger charge is 2.43. The maximum absolute atomic E-state index is 12.0. The number of para-hydroxylation sites is 1. The number of H-pyrrole nitrogens is 1. The van der Waals surface area contributed by atoms with E-state index in [2.05, 4.69) is 10.3 Å². The number of halogens is 1. The fourth-order valence-electron chi connectivity index (χ4n) is 2.01. The number of anilines is 1.